The maximum Gasteiger partial charge on any atom is 0.410 e. The minimum Gasteiger partial charge on any atom is -0.445 e. The van der Waals surface area contributed by atoms with E-state index in [1.54, 1.807) is 4.90 Å². The molecular formula is C20H28N2O4. The van der Waals surface area contributed by atoms with Gasteiger partial charge in [0, 0.05) is 19.0 Å². The molecule has 1 heterocycles. The Balaban J connectivity index is 1.54. The summed E-state index contributed by atoms with van der Waals surface area (Å²) < 4.78 is 10.8. The molecule has 2 aliphatic rings. The van der Waals surface area contributed by atoms with Gasteiger partial charge in [0.15, 0.2) is 0 Å². The lowest BCUT2D eigenvalue weighted by molar-refractivity contribution is 0.0491. The molecule has 0 bridgehead atoms. The first-order valence-corrected chi connectivity index (χ1v) is 9.27. The second-order valence-corrected chi connectivity index (χ2v) is 8.20. The van der Waals surface area contributed by atoms with Crippen molar-refractivity contribution < 1.29 is 19.1 Å². The van der Waals surface area contributed by atoms with Crippen LogP contribution in [0.2, 0.25) is 0 Å². The highest BCUT2D eigenvalue weighted by molar-refractivity contribution is 5.70. The summed E-state index contributed by atoms with van der Waals surface area (Å²) in [6, 6.07) is 9.54. The first kappa shape index (κ1) is 18.5. The summed E-state index contributed by atoms with van der Waals surface area (Å²) in [4.78, 5) is 26.3. The molecule has 0 aromatic heterocycles. The third kappa shape index (κ3) is 5.13. The first-order chi connectivity index (χ1) is 12.3. The van der Waals surface area contributed by atoms with Crippen molar-refractivity contribution in [3.63, 3.8) is 0 Å². The molecule has 6 heteroatoms. The zero-order valence-electron chi connectivity index (χ0n) is 15.7. The minimum atomic E-state index is -0.536. The van der Waals surface area contributed by atoms with E-state index in [9.17, 15) is 9.59 Å². The number of alkyl carbamates (subject to hydrolysis) is 1. The van der Waals surface area contributed by atoms with Gasteiger partial charge >= 0.3 is 12.2 Å². The summed E-state index contributed by atoms with van der Waals surface area (Å²) in [5.41, 5.74) is 0.425. The van der Waals surface area contributed by atoms with Gasteiger partial charge in [-0.2, -0.15) is 0 Å². The number of benzene rings is 1. The number of carbonyl (C=O) groups is 2. The molecule has 3 rings (SSSR count). The number of carbonyl (C=O) groups excluding carboxylic acids is 2. The van der Waals surface area contributed by atoms with Gasteiger partial charge in [-0.15, -0.1) is 0 Å². The average Bonchev–Trinajstić information content (AvgIpc) is 3.33. The Morgan fingerprint density at radius 3 is 2.46 bits per heavy atom. The maximum absolute atomic E-state index is 12.4. The topological polar surface area (TPSA) is 67.9 Å². The fourth-order valence-electron chi connectivity index (χ4n) is 3.40. The van der Waals surface area contributed by atoms with Crippen LogP contribution in [0.15, 0.2) is 30.3 Å². The van der Waals surface area contributed by atoms with Crippen molar-refractivity contribution in [2.24, 2.45) is 11.8 Å². The standard InChI is InChI=1S/C20H28N2O4/c1-20(2,3)26-18(23)21-17-12-22(11-16(17)15-9-10-15)19(24)25-13-14-7-5-4-6-8-14/h4-8,15-17H,9-13H2,1-3H3,(H,21,23)/t16-,17-/m0/s1. The van der Waals surface area contributed by atoms with Crippen molar-refractivity contribution in [2.75, 3.05) is 13.1 Å². The summed E-state index contributed by atoms with van der Waals surface area (Å²) in [6.07, 6.45) is 1.56. The molecule has 142 valence electrons. The lowest BCUT2D eigenvalue weighted by atomic mass is 9.98. The van der Waals surface area contributed by atoms with Crippen LogP contribution in [0.3, 0.4) is 0 Å². The number of hydrogen-bond donors (Lipinski definition) is 1. The second-order valence-electron chi connectivity index (χ2n) is 8.20. The van der Waals surface area contributed by atoms with Crippen molar-refractivity contribution in [3.8, 4) is 0 Å². The van der Waals surface area contributed by atoms with Gasteiger partial charge in [-0.05, 0) is 45.1 Å². The largest absolute Gasteiger partial charge is 0.445 e. The molecule has 1 N–H and O–H groups in total. The van der Waals surface area contributed by atoms with Crippen LogP contribution in [0.1, 0.15) is 39.2 Å². The molecule has 1 aliphatic carbocycles. The molecule has 0 spiro atoms. The van der Waals surface area contributed by atoms with Crippen LogP contribution in [0.5, 0.6) is 0 Å². The van der Waals surface area contributed by atoms with Gasteiger partial charge in [0.05, 0.1) is 6.04 Å². The average molecular weight is 360 g/mol. The Kier molecular flexibility index (Phi) is 5.39. The first-order valence-electron chi connectivity index (χ1n) is 9.27. The molecule has 0 radical (unpaired) electrons. The molecule has 1 saturated heterocycles. The Bertz CT molecular complexity index is 637. The summed E-state index contributed by atoms with van der Waals surface area (Å²) in [5, 5.41) is 2.95. The molecule has 1 aromatic rings. The normalized spacial score (nSPS) is 22.8. The van der Waals surface area contributed by atoms with E-state index in [0.29, 0.717) is 19.0 Å². The van der Waals surface area contributed by atoms with Crippen LogP contribution in [0.4, 0.5) is 9.59 Å². The number of ether oxygens (including phenoxy) is 2. The van der Waals surface area contributed by atoms with E-state index in [1.807, 2.05) is 51.1 Å². The van der Waals surface area contributed by atoms with Gasteiger partial charge in [0.25, 0.3) is 0 Å². The van der Waals surface area contributed by atoms with Crippen molar-refractivity contribution in [1.82, 2.24) is 10.2 Å². The number of nitrogens with one attached hydrogen (secondary N) is 1. The SMILES string of the molecule is CC(C)(C)OC(=O)N[C@H]1CN(C(=O)OCc2ccccc2)C[C@H]1C1CC1. The lowest BCUT2D eigenvalue weighted by Gasteiger charge is -2.24. The van der Waals surface area contributed by atoms with Gasteiger partial charge in [-0.25, -0.2) is 9.59 Å². The van der Waals surface area contributed by atoms with Gasteiger partial charge in [-0.3, -0.25) is 0 Å². The summed E-state index contributed by atoms with van der Waals surface area (Å²) in [6.45, 7) is 6.87. The van der Waals surface area contributed by atoms with Crippen LogP contribution < -0.4 is 5.32 Å². The molecule has 2 fully saturated rings. The third-order valence-corrected chi connectivity index (χ3v) is 4.76. The van der Waals surface area contributed by atoms with Crippen molar-refractivity contribution >= 4 is 12.2 Å². The van der Waals surface area contributed by atoms with Crippen molar-refractivity contribution in [1.29, 1.82) is 0 Å². The maximum atomic E-state index is 12.4. The Morgan fingerprint density at radius 2 is 1.85 bits per heavy atom. The Labute approximate surface area is 154 Å². The fourth-order valence-corrected chi connectivity index (χ4v) is 3.40. The monoisotopic (exact) mass is 360 g/mol. The zero-order chi connectivity index (χ0) is 18.7. The predicted octanol–water partition coefficient (Wildman–Crippen LogP) is 3.56. The van der Waals surface area contributed by atoms with E-state index in [1.165, 1.54) is 0 Å². The van der Waals surface area contributed by atoms with Gasteiger partial charge in [-0.1, -0.05) is 30.3 Å². The quantitative estimate of drug-likeness (QED) is 0.891. The number of hydrogen-bond acceptors (Lipinski definition) is 4. The molecule has 2 atom stereocenters. The molecule has 26 heavy (non-hydrogen) atoms. The molecule has 1 aliphatic heterocycles. The lowest BCUT2D eigenvalue weighted by Crippen LogP contribution is -2.44. The van der Waals surface area contributed by atoms with E-state index in [-0.39, 0.29) is 24.7 Å². The van der Waals surface area contributed by atoms with Crippen LogP contribution >= 0.6 is 0 Å². The molecule has 1 aromatic carbocycles. The highest BCUT2D eigenvalue weighted by atomic mass is 16.6. The number of amides is 2. The second kappa shape index (κ2) is 7.56. The predicted molar refractivity (Wildman–Crippen MR) is 97.6 cm³/mol. The molecular weight excluding hydrogens is 332 g/mol. The van der Waals surface area contributed by atoms with Crippen LogP contribution in [0, 0.1) is 11.8 Å². The van der Waals surface area contributed by atoms with Gasteiger partial charge in [0.2, 0.25) is 0 Å². The van der Waals surface area contributed by atoms with Crippen molar-refractivity contribution in [2.45, 2.75) is 51.9 Å². The van der Waals surface area contributed by atoms with E-state index in [4.69, 9.17) is 9.47 Å². The third-order valence-electron chi connectivity index (χ3n) is 4.76. The Hall–Kier alpha value is -2.24. The van der Waals surface area contributed by atoms with Crippen LogP contribution in [0.25, 0.3) is 0 Å². The fraction of sp³-hybridized carbons (Fsp3) is 0.600. The highest BCUT2D eigenvalue weighted by Crippen LogP contribution is 2.41. The van der Waals surface area contributed by atoms with E-state index < -0.39 is 11.7 Å². The van der Waals surface area contributed by atoms with E-state index in [0.717, 1.165) is 18.4 Å². The van der Waals surface area contributed by atoms with Crippen LogP contribution in [-0.4, -0.2) is 41.8 Å². The zero-order valence-corrected chi connectivity index (χ0v) is 15.7. The molecule has 0 unspecified atom stereocenters. The number of likely N-dealkylation sites (tertiary alicyclic amines) is 1. The van der Waals surface area contributed by atoms with Crippen LogP contribution in [-0.2, 0) is 16.1 Å². The minimum absolute atomic E-state index is 0.0818. The smallest absolute Gasteiger partial charge is 0.410 e. The Morgan fingerprint density at radius 1 is 1.15 bits per heavy atom. The van der Waals surface area contributed by atoms with E-state index >= 15 is 0 Å². The van der Waals surface area contributed by atoms with Gasteiger partial charge in [0.1, 0.15) is 12.2 Å². The number of nitrogens with zero attached hydrogens (tertiary/aromatic N) is 1. The molecule has 2 amide bonds. The summed E-state index contributed by atoms with van der Waals surface area (Å²) in [5.74, 6) is 0.841. The number of rotatable bonds is 4. The highest BCUT2D eigenvalue weighted by Gasteiger charge is 2.45. The summed E-state index contributed by atoms with van der Waals surface area (Å²) >= 11 is 0. The molecule has 1 saturated carbocycles. The van der Waals surface area contributed by atoms with Gasteiger partial charge < -0.3 is 19.7 Å². The van der Waals surface area contributed by atoms with E-state index in [2.05, 4.69) is 5.32 Å². The molecule has 6 nitrogen and oxygen atoms in total. The summed E-state index contributed by atoms with van der Waals surface area (Å²) in [7, 11) is 0. The van der Waals surface area contributed by atoms with Crippen molar-refractivity contribution in [3.05, 3.63) is 35.9 Å².